The molecule has 0 saturated carbocycles. The number of ether oxygens (including phenoxy) is 7. The Morgan fingerprint density at radius 1 is 0.732 bits per heavy atom. The smallest absolute Gasteiger partial charge is 0.231 e. The first-order valence-corrected chi connectivity index (χ1v) is 19.4. The van der Waals surface area contributed by atoms with Crippen LogP contribution in [0.4, 0.5) is 0 Å². The van der Waals surface area contributed by atoms with Crippen molar-refractivity contribution in [2.24, 2.45) is 5.92 Å². The standard InChI is InChI=1S/C38H58O18/c1-5-6-7-8-17-12-20(24-18-11-16(2)9-10-19(18)38(3,4)55-21(24)13-17)49-37-33(53-35-30(46)28(44)26(42)23(15-40)51-35)32(31(47)36(54-37)56-48)52-34-29(45)27(43)25(41)22(14-39)50-34/h11-13,18-19,22-23,25-37,39-48H,5-10,14-15H2,1-4H3/t18-,19-,22-,23-,25-,26-,27+,28+,29-,30-,31+,32+,33-,34+,35+,36-,37-/m1/s1. The number of benzene rings is 1. The van der Waals surface area contributed by atoms with E-state index in [-0.39, 0.29) is 17.6 Å². The zero-order valence-corrected chi connectivity index (χ0v) is 31.9. The van der Waals surface area contributed by atoms with E-state index in [0.29, 0.717) is 17.7 Å². The lowest BCUT2D eigenvalue weighted by Gasteiger charge is -2.49. The summed E-state index contributed by atoms with van der Waals surface area (Å²) < 4.78 is 42.7. The van der Waals surface area contributed by atoms with Crippen molar-refractivity contribution in [1.29, 1.82) is 0 Å². The lowest BCUT2D eigenvalue weighted by molar-refractivity contribution is -0.444. The van der Waals surface area contributed by atoms with Crippen molar-refractivity contribution in [2.75, 3.05) is 13.2 Å². The van der Waals surface area contributed by atoms with Crippen LogP contribution in [0, 0.1) is 5.92 Å². The van der Waals surface area contributed by atoms with Gasteiger partial charge in [0.1, 0.15) is 78.1 Å². The molecule has 0 bridgehead atoms. The highest BCUT2D eigenvalue weighted by molar-refractivity contribution is 5.54. The molecular weight excluding hydrogens is 744 g/mol. The van der Waals surface area contributed by atoms with E-state index < -0.39 is 111 Å². The Bertz CT molecular complexity index is 1490. The van der Waals surface area contributed by atoms with Crippen molar-refractivity contribution in [3.8, 4) is 11.5 Å². The van der Waals surface area contributed by atoms with Gasteiger partial charge in [-0.1, -0.05) is 31.4 Å². The molecule has 0 aromatic heterocycles. The third-order valence-electron chi connectivity index (χ3n) is 11.7. The average molecular weight is 803 g/mol. The quantitative estimate of drug-likeness (QED) is 0.0512. The summed E-state index contributed by atoms with van der Waals surface area (Å²) in [4.78, 5) is 4.51. The van der Waals surface area contributed by atoms with Crippen LogP contribution in [0.5, 0.6) is 11.5 Å². The first-order chi connectivity index (χ1) is 26.6. The summed E-state index contributed by atoms with van der Waals surface area (Å²) in [6, 6.07) is 3.83. The maximum absolute atomic E-state index is 11.5. The van der Waals surface area contributed by atoms with E-state index in [9.17, 15) is 51.2 Å². The number of unbranched alkanes of at least 4 members (excludes halogenated alkanes) is 2. The number of allylic oxidation sites excluding steroid dienone is 2. The Balaban J connectivity index is 1.44. The van der Waals surface area contributed by atoms with Crippen LogP contribution in [0.3, 0.4) is 0 Å². The van der Waals surface area contributed by atoms with Crippen molar-refractivity contribution in [1.82, 2.24) is 0 Å². The van der Waals surface area contributed by atoms with E-state index in [1.54, 1.807) is 0 Å². The summed E-state index contributed by atoms with van der Waals surface area (Å²) in [6.45, 7) is 6.66. The Kier molecular flexibility index (Phi) is 14.0. The molecule has 6 rings (SSSR count). The number of rotatable bonds is 13. The molecule has 3 saturated heterocycles. The minimum atomic E-state index is -1.99. The third-order valence-corrected chi connectivity index (χ3v) is 11.7. The molecule has 10 N–H and O–H groups in total. The Hall–Kier alpha value is -2.08. The van der Waals surface area contributed by atoms with Crippen LogP contribution in [0.2, 0.25) is 0 Å². The molecule has 0 amide bonds. The fourth-order valence-electron chi connectivity index (χ4n) is 8.45. The molecule has 1 aromatic carbocycles. The first kappa shape index (κ1) is 43.5. The zero-order chi connectivity index (χ0) is 40.6. The van der Waals surface area contributed by atoms with Crippen molar-refractivity contribution >= 4 is 0 Å². The topological polar surface area (TPSA) is 276 Å². The lowest BCUT2D eigenvalue weighted by atomic mass is 9.68. The summed E-state index contributed by atoms with van der Waals surface area (Å²) in [7, 11) is 0. The molecule has 5 aliphatic rings. The van der Waals surface area contributed by atoms with E-state index in [4.69, 9.17) is 33.2 Å². The molecule has 17 atom stereocenters. The highest BCUT2D eigenvalue weighted by Crippen LogP contribution is 2.54. The molecular formula is C38H58O18. The Morgan fingerprint density at radius 3 is 1.91 bits per heavy atom. The monoisotopic (exact) mass is 802 g/mol. The fourth-order valence-corrected chi connectivity index (χ4v) is 8.45. The molecule has 0 spiro atoms. The van der Waals surface area contributed by atoms with Crippen molar-refractivity contribution in [3.05, 3.63) is 34.9 Å². The number of aliphatic hydroxyl groups excluding tert-OH is 9. The molecule has 3 fully saturated rings. The van der Waals surface area contributed by atoms with Gasteiger partial charge in [0.25, 0.3) is 0 Å². The normalized spacial score (nSPS) is 42.2. The minimum absolute atomic E-state index is 0.0399. The van der Waals surface area contributed by atoms with Gasteiger partial charge in [-0.2, -0.15) is 0 Å². The van der Waals surface area contributed by atoms with Crippen LogP contribution in [-0.4, -0.2) is 162 Å². The largest absolute Gasteiger partial charge is 0.487 e. The van der Waals surface area contributed by atoms with Crippen molar-refractivity contribution in [3.63, 3.8) is 0 Å². The van der Waals surface area contributed by atoms with E-state index in [1.165, 1.54) is 5.57 Å². The molecule has 1 aromatic rings. The number of aliphatic hydroxyl groups is 9. The fraction of sp³-hybridized carbons (Fsp3) is 0.789. The first-order valence-electron chi connectivity index (χ1n) is 19.4. The van der Waals surface area contributed by atoms with Gasteiger partial charge < -0.3 is 79.1 Å². The van der Waals surface area contributed by atoms with Gasteiger partial charge in [-0.15, -0.1) is 0 Å². The third kappa shape index (κ3) is 8.63. The highest BCUT2D eigenvalue weighted by Gasteiger charge is 2.56. The second kappa shape index (κ2) is 18.0. The molecule has 56 heavy (non-hydrogen) atoms. The second-order valence-electron chi connectivity index (χ2n) is 16.0. The van der Waals surface area contributed by atoms with Crippen LogP contribution in [-0.2, 0) is 35.0 Å². The maximum Gasteiger partial charge on any atom is 0.231 e. The van der Waals surface area contributed by atoms with Gasteiger partial charge in [0.05, 0.1) is 13.2 Å². The molecule has 18 heteroatoms. The van der Waals surface area contributed by atoms with E-state index in [0.717, 1.165) is 37.7 Å². The zero-order valence-electron chi connectivity index (χ0n) is 31.9. The summed E-state index contributed by atoms with van der Waals surface area (Å²) in [5, 5.41) is 105. The van der Waals surface area contributed by atoms with Crippen LogP contribution < -0.4 is 9.47 Å². The number of aryl methyl sites for hydroxylation is 1. The number of hydrogen-bond donors (Lipinski definition) is 10. The second-order valence-corrected chi connectivity index (χ2v) is 16.0. The predicted molar refractivity (Wildman–Crippen MR) is 190 cm³/mol. The van der Waals surface area contributed by atoms with Gasteiger partial charge >= 0.3 is 0 Å². The molecule has 0 radical (unpaired) electrons. The minimum Gasteiger partial charge on any atom is -0.487 e. The van der Waals surface area contributed by atoms with E-state index in [2.05, 4.69) is 24.8 Å². The van der Waals surface area contributed by atoms with Gasteiger partial charge in [-0.3, -0.25) is 0 Å². The van der Waals surface area contributed by atoms with Gasteiger partial charge in [-0.25, -0.2) is 10.1 Å². The number of fused-ring (bicyclic) bond motifs is 3. The van der Waals surface area contributed by atoms with E-state index >= 15 is 0 Å². The Labute approximate surface area is 324 Å². The summed E-state index contributed by atoms with van der Waals surface area (Å²) in [5.41, 5.74) is 2.20. The lowest BCUT2D eigenvalue weighted by Crippen LogP contribution is -2.67. The maximum atomic E-state index is 11.5. The predicted octanol–water partition coefficient (Wildman–Crippen LogP) is -0.688. The van der Waals surface area contributed by atoms with Crippen LogP contribution >= 0.6 is 0 Å². The summed E-state index contributed by atoms with van der Waals surface area (Å²) in [5.74, 6) is 0.736. The molecule has 318 valence electrons. The summed E-state index contributed by atoms with van der Waals surface area (Å²) in [6.07, 6.45) is -19.4. The average Bonchev–Trinajstić information content (AvgIpc) is 3.16. The SMILES string of the molecule is CCCCCc1cc(O[C@@H]2O[C@H](OO)[C@@H](O)[C@H](O[C@@H]3O[C@H](CO)[C@@H](O)[C@H](O)[C@H]3O)[C@H]2O[C@@H]2O[C@H](CO)[C@@H](O)[C@H](O)[C@H]2O)c2c(c1)OC(C)(C)[C@@H]1CCC(C)=C[C@@H]21. The molecule has 18 nitrogen and oxygen atoms in total. The van der Waals surface area contributed by atoms with Crippen molar-refractivity contribution < 1.29 is 89.3 Å². The molecule has 4 aliphatic heterocycles. The van der Waals surface area contributed by atoms with E-state index in [1.807, 2.05) is 26.0 Å². The van der Waals surface area contributed by atoms with Crippen LogP contribution in [0.25, 0.3) is 0 Å². The Morgan fingerprint density at radius 2 is 1.34 bits per heavy atom. The highest BCUT2D eigenvalue weighted by atomic mass is 17.1. The molecule has 4 heterocycles. The van der Waals surface area contributed by atoms with Gasteiger partial charge in [0.15, 0.2) is 18.7 Å². The number of hydrogen-bond acceptors (Lipinski definition) is 18. The van der Waals surface area contributed by atoms with Crippen LogP contribution in [0.1, 0.15) is 76.8 Å². The van der Waals surface area contributed by atoms with Crippen LogP contribution in [0.15, 0.2) is 23.8 Å². The van der Waals surface area contributed by atoms with Gasteiger partial charge in [0, 0.05) is 17.4 Å². The van der Waals surface area contributed by atoms with Gasteiger partial charge in [0.2, 0.25) is 12.6 Å². The molecule has 0 unspecified atom stereocenters. The molecule has 1 aliphatic carbocycles. The summed E-state index contributed by atoms with van der Waals surface area (Å²) >= 11 is 0. The van der Waals surface area contributed by atoms with Crippen molar-refractivity contribution in [2.45, 2.75) is 170 Å². The van der Waals surface area contributed by atoms with Gasteiger partial charge in [-0.05, 0) is 64.2 Å².